The van der Waals surface area contributed by atoms with Gasteiger partial charge >= 0.3 is 0 Å². The maximum Gasteiger partial charge on any atom is 0.257 e. The number of hydrogen-bond acceptors (Lipinski definition) is 8. The standard InChI is InChI=1S/C22H24N8O3/c1-24-15(31)9-33-14-4-2-3-13(8-14)27-22-29-20-18(25-10-26-20)21(30-22)28-17-12-6-5-11(7-12)16(17)19(23)32/h2-6,8,10-12,16-17H,7,9H2,1H3,(H2,23,32)(H,24,31)(H3,25,26,27,28,29,30)/t11-,12+,16?,17+/m1/s1. The van der Waals surface area contributed by atoms with Crippen LogP contribution in [0.3, 0.4) is 0 Å². The van der Waals surface area contributed by atoms with E-state index in [1.807, 2.05) is 6.07 Å². The van der Waals surface area contributed by atoms with Crippen molar-refractivity contribution in [3.63, 3.8) is 0 Å². The molecule has 170 valence electrons. The molecule has 2 heterocycles. The summed E-state index contributed by atoms with van der Waals surface area (Å²) >= 11 is 0. The Hall–Kier alpha value is -4.15. The lowest BCUT2D eigenvalue weighted by molar-refractivity contribution is -0.123. The van der Waals surface area contributed by atoms with Gasteiger partial charge in [-0.3, -0.25) is 9.59 Å². The van der Waals surface area contributed by atoms with Gasteiger partial charge < -0.3 is 31.4 Å². The van der Waals surface area contributed by atoms with Crippen LogP contribution in [-0.4, -0.2) is 51.4 Å². The van der Waals surface area contributed by atoms with Crippen LogP contribution in [0, 0.1) is 17.8 Å². The van der Waals surface area contributed by atoms with Crippen LogP contribution in [0.5, 0.6) is 5.75 Å². The highest BCUT2D eigenvalue weighted by Gasteiger charge is 2.47. The SMILES string of the molecule is CNC(=O)COc1cccc(Nc2nc(N[C@@H]3C(C(N)=O)[C@@H]4C=C[C@H]3C4)c3[nH]cnc3n2)c1. The van der Waals surface area contributed by atoms with Gasteiger partial charge in [0, 0.05) is 24.8 Å². The molecule has 0 radical (unpaired) electrons. The summed E-state index contributed by atoms with van der Waals surface area (Å²) in [6, 6.07) is 6.99. The van der Waals surface area contributed by atoms with Crippen molar-refractivity contribution >= 4 is 40.4 Å². The number of H-pyrrole nitrogens is 1. The van der Waals surface area contributed by atoms with E-state index in [9.17, 15) is 9.59 Å². The Balaban J connectivity index is 1.39. The lowest BCUT2D eigenvalue weighted by Gasteiger charge is -2.27. The van der Waals surface area contributed by atoms with Crippen LogP contribution in [0.1, 0.15) is 6.42 Å². The fourth-order valence-corrected chi connectivity index (χ4v) is 4.57. The van der Waals surface area contributed by atoms with Gasteiger partial charge in [-0.15, -0.1) is 0 Å². The number of imidazole rings is 1. The van der Waals surface area contributed by atoms with Crippen LogP contribution >= 0.6 is 0 Å². The molecular formula is C22H24N8O3. The number of allylic oxidation sites excluding steroid dienone is 1. The average molecular weight is 448 g/mol. The van der Waals surface area contributed by atoms with E-state index in [4.69, 9.17) is 10.5 Å². The fourth-order valence-electron chi connectivity index (χ4n) is 4.57. The highest BCUT2D eigenvalue weighted by molar-refractivity contribution is 5.85. The highest BCUT2D eigenvalue weighted by Crippen LogP contribution is 2.45. The molecule has 2 aliphatic carbocycles. The summed E-state index contributed by atoms with van der Waals surface area (Å²) in [6.07, 6.45) is 6.66. The number of primary amides is 1. The number of amides is 2. The van der Waals surface area contributed by atoms with E-state index in [1.54, 1.807) is 31.6 Å². The van der Waals surface area contributed by atoms with Crippen LogP contribution in [0.4, 0.5) is 17.5 Å². The fraction of sp³-hybridized carbons (Fsp3) is 0.318. The van der Waals surface area contributed by atoms with Crippen molar-refractivity contribution in [3.8, 4) is 5.75 Å². The van der Waals surface area contributed by atoms with Crippen molar-refractivity contribution in [2.45, 2.75) is 12.5 Å². The van der Waals surface area contributed by atoms with Gasteiger partial charge in [0.2, 0.25) is 11.9 Å². The Kier molecular flexibility index (Phi) is 5.29. The van der Waals surface area contributed by atoms with Crippen molar-refractivity contribution in [3.05, 3.63) is 42.7 Å². The molecule has 11 heteroatoms. The molecule has 1 saturated carbocycles. The summed E-state index contributed by atoms with van der Waals surface area (Å²) in [6.45, 7) is -0.0806. The predicted octanol–water partition coefficient (Wildman–Crippen LogP) is 1.31. The summed E-state index contributed by atoms with van der Waals surface area (Å²) in [7, 11) is 1.55. The molecule has 5 rings (SSSR count). The number of hydrogen-bond donors (Lipinski definition) is 5. The number of nitrogens with zero attached hydrogens (tertiary/aromatic N) is 3. The second kappa shape index (κ2) is 8.41. The second-order valence-electron chi connectivity index (χ2n) is 8.16. The lowest BCUT2D eigenvalue weighted by Crippen LogP contribution is -2.41. The molecule has 2 aliphatic rings. The summed E-state index contributed by atoms with van der Waals surface area (Å²) in [5, 5.41) is 9.10. The number of carbonyl (C=O) groups excluding carboxylic acids is 2. The van der Waals surface area contributed by atoms with Crippen molar-refractivity contribution < 1.29 is 14.3 Å². The molecule has 2 aromatic heterocycles. The molecule has 11 nitrogen and oxygen atoms in total. The smallest absolute Gasteiger partial charge is 0.257 e. The Bertz CT molecular complexity index is 1240. The van der Waals surface area contributed by atoms with Crippen LogP contribution in [0.2, 0.25) is 0 Å². The van der Waals surface area contributed by atoms with Gasteiger partial charge in [-0.25, -0.2) is 4.98 Å². The molecular weight excluding hydrogens is 424 g/mol. The van der Waals surface area contributed by atoms with Gasteiger partial charge in [-0.05, 0) is 30.4 Å². The van der Waals surface area contributed by atoms with Gasteiger partial charge in [0.05, 0.1) is 12.2 Å². The minimum Gasteiger partial charge on any atom is -0.484 e. The Morgan fingerprint density at radius 3 is 2.91 bits per heavy atom. The van der Waals surface area contributed by atoms with Crippen LogP contribution in [0.15, 0.2) is 42.7 Å². The van der Waals surface area contributed by atoms with Gasteiger partial charge in [-0.1, -0.05) is 18.2 Å². The number of anilines is 3. The van der Waals surface area contributed by atoms with E-state index in [1.165, 1.54) is 0 Å². The third-order valence-electron chi connectivity index (χ3n) is 6.12. The van der Waals surface area contributed by atoms with Gasteiger partial charge in [0.1, 0.15) is 11.3 Å². The molecule has 6 N–H and O–H groups in total. The first kappa shape index (κ1) is 20.7. The first-order chi connectivity index (χ1) is 16.0. The van der Waals surface area contributed by atoms with Gasteiger partial charge in [-0.2, -0.15) is 9.97 Å². The van der Waals surface area contributed by atoms with Gasteiger partial charge in [0.25, 0.3) is 5.91 Å². The average Bonchev–Trinajstić information content (AvgIpc) is 3.54. The molecule has 0 spiro atoms. The Labute approximate surface area is 189 Å². The molecule has 2 bridgehead atoms. The largest absolute Gasteiger partial charge is 0.484 e. The summed E-state index contributed by atoms with van der Waals surface area (Å²) in [5.74, 6) is 0.941. The number of carbonyl (C=O) groups is 2. The highest BCUT2D eigenvalue weighted by atomic mass is 16.5. The van der Waals surface area contributed by atoms with Crippen LogP contribution < -0.4 is 26.4 Å². The van der Waals surface area contributed by atoms with Crippen LogP contribution in [-0.2, 0) is 9.59 Å². The van der Waals surface area contributed by atoms with E-state index >= 15 is 0 Å². The van der Waals surface area contributed by atoms with Crippen molar-refractivity contribution in [2.24, 2.45) is 23.5 Å². The predicted molar refractivity (Wildman–Crippen MR) is 122 cm³/mol. The molecule has 33 heavy (non-hydrogen) atoms. The zero-order valence-corrected chi connectivity index (χ0v) is 17.9. The summed E-state index contributed by atoms with van der Waals surface area (Å²) in [5.41, 5.74) is 7.52. The number of ether oxygens (including phenoxy) is 1. The summed E-state index contributed by atoms with van der Waals surface area (Å²) in [4.78, 5) is 40.0. The van der Waals surface area contributed by atoms with Crippen molar-refractivity contribution in [1.82, 2.24) is 25.3 Å². The third kappa shape index (κ3) is 4.04. The Morgan fingerprint density at radius 1 is 1.24 bits per heavy atom. The first-order valence-electron chi connectivity index (χ1n) is 10.7. The number of rotatable bonds is 8. The lowest BCUT2D eigenvalue weighted by atomic mass is 9.88. The van der Waals surface area contributed by atoms with E-state index < -0.39 is 0 Å². The number of fused-ring (bicyclic) bond motifs is 3. The quantitative estimate of drug-likeness (QED) is 0.322. The van der Waals surface area contributed by atoms with Crippen molar-refractivity contribution in [2.75, 3.05) is 24.3 Å². The second-order valence-corrected chi connectivity index (χ2v) is 8.16. The molecule has 2 amide bonds. The monoisotopic (exact) mass is 448 g/mol. The van der Waals surface area contributed by atoms with Crippen molar-refractivity contribution in [1.29, 1.82) is 0 Å². The van der Waals surface area contributed by atoms with E-state index in [0.29, 0.717) is 34.4 Å². The number of benzene rings is 1. The summed E-state index contributed by atoms with van der Waals surface area (Å²) < 4.78 is 5.50. The number of aromatic amines is 1. The number of nitrogens with two attached hydrogens (primary N) is 1. The third-order valence-corrected chi connectivity index (χ3v) is 6.12. The normalized spacial score (nSPS) is 22.9. The molecule has 0 saturated heterocycles. The zero-order valence-electron chi connectivity index (χ0n) is 17.9. The molecule has 3 aromatic rings. The first-order valence-corrected chi connectivity index (χ1v) is 10.7. The minimum atomic E-state index is -0.314. The van der Waals surface area contributed by atoms with E-state index in [-0.39, 0.29) is 42.2 Å². The molecule has 1 unspecified atom stereocenters. The minimum absolute atomic E-state index is 0.0806. The number of nitrogens with one attached hydrogen (secondary N) is 4. The molecule has 1 fully saturated rings. The maximum atomic E-state index is 12.1. The van der Waals surface area contributed by atoms with E-state index in [2.05, 4.69) is 48.0 Å². The Morgan fingerprint density at radius 2 is 2.09 bits per heavy atom. The topological polar surface area (TPSA) is 160 Å². The number of likely N-dealkylation sites (N-methyl/N-ethyl adjacent to an activating group) is 1. The molecule has 4 atom stereocenters. The molecule has 1 aromatic carbocycles. The van der Waals surface area contributed by atoms with E-state index in [0.717, 1.165) is 6.42 Å². The maximum absolute atomic E-state index is 12.1. The molecule has 0 aliphatic heterocycles. The number of aromatic nitrogens is 4. The zero-order chi connectivity index (χ0) is 22.9. The van der Waals surface area contributed by atoms with Crippen LogP contribution in [0.25, 0.3) is 11.2 Å². The van der Waals surface area contributed by atoms with Gasteiger partial charge in [0.15, 0.2) is 18.1 Å².